The van der Waals surface area contributed by atoms with Gasteiger partial charge in [-0.2, -0.15) is 0 Å². The predicted octanol–water partition coefficient (Wildman–Crippen LogP) is 2.73. The van der Waals surface area contributed by atoms with Crippen LogP contribution < -0.4 is 9.64 Å². The molecule has 2 aromatic rings. The molecule has 0 radical (unpaired) electrons. The van der Waals surface area contributed by atoms with Gasteiger partial charge in [0.25, 0.3) is 0 Å². The molecular weight excluding hydrogens is 328 g/mol. The van der Waals surface area contributed by atoms with Crippen molar-refractivity contribution in [3.63, 3.8) is 0 Å². The van der Waals surface area contributed by atoms with Crippen LogP contribution in [0.3, 0.4) is 0 Å². The Morgan fingerprint density at radius 3 is 2.58 bits per heavy atom. The molecule has 0 amide bonds. The SMILES string of the molecule is COc1ccccc1CN(Cc1cnc(N(C)C)nc1)CC1CCCO1. The average molecular weight is 356 g/mol. The van der Waals surface area contributed by atoms with Crippen molar-refractivity contribution in [1.82, 2.24) is 14.9 Å². The number of hydrogen-bond acceptors (Lipinski definition) is 6. The molecule has 26 heavy (non-hydrogen) atoms. The quantitative estimate of drug-likeness (QED) is 0.725. The van der Waals surface area contributed by atoms with Crippen LogP contribution in [0.2, 0.25) is 0 Å². The van der Waals surface area contributed by atoms with E-state index in [4.69, 9.17) is 9.47 Å². The molecule has 1 atom stereocenters. The van der Waals surface area contributed by atoms with Gasteiger partial charge in [0.2, 0.25) is 5.95 Å². The van der Waals surface area contributed by atoms with Crippen molar-refractivity contribution < 1.29 is 9.47 Å². The number of nitrogens with zero attached hydrogens (tertiary/aromatic N) is 4. The van der Waals surface area contributed by atoms with Crippen molar-refractivity contribution in [2.75, 3.05) is 39.3 Å². The summed E-state index contributed by atoms with van der Waals surface area (Å²) in [6.45, 7) is 3.35. The number of methoxy groups -OCH3 is 1. The number of benzene rings is 1. The maximum Gasteiger partial charge on any atom is 0.224 e. The summed E-state index contributed by atoms with van der Waals surface area (Å²) in [6.07, 6.45) is 6.39. The zero-order chi connectivity index (χ0) is 18.4. The Kier molecular flexibility index (Phi) is 6.41. The van der Waals surface area contributed by atoms with Crippen LogP contribution in [0.15, 0.2) is 36.7 Å². The average Bonchev–Trinajstić information content (AvgIpc) is 3.15. The lowest BCUT2D eigenvalue weighted by atomic mass is 10.1. The fraction of sp³-hybridized carbons (Fsp3) is 0.500. The molecular formula is C20H28N4O2. The van der Waals surface area contributed by atoms with Crippen LogP contribution in [0, 0.1) is 0 Å². The van der Waals surface area contributed by atoms with E-state index in [1.54, 1.807) is 7.11 Å². The van der Waals surface area contributed by atoms with Crippen molar-refractivity contribution in [1.29, 1.82) is 0 Å². The molecule has 2 heterocycles. The second-order valence-electron chi connectivity index (χ2n) is 6.90. The van der Waals surface area contributed by atoms with E-state index in [0.717, 1.165) is 56.3 Å². The van der Waals surface area contributed by atoms with Gasteiger partial charge in [0.1, 0.15) is 5.75 Å². The molecule has 1 aliphatic rings. The second-order valence-corrected chi connectivity index (χ2v) is 6.90. The lowest BCUT2D eigenvalue weighted by Gasteiger charge is -2.26. The maximum absolute atomic E-state index is 5.86. The summed E-state index contributed by atoms with van der Waals surface area (Å²) in [5.74, 6) is 1.65. The monoisotopic (exact) mass is 356 g/mol. The third-order valence-corrected chi connectivity index (χ3v) is 4.57. The van der Waals surface area contributed by atoms with Gasteiger partial charge in [0.15, 0.2) is 0 Å². The number of rotatable bonds is 8. The molecule has 0 aliphatic carbocycles. The van der Waals surface area contributed by atoms with Crippen molar-refractivity contribution >= 4 is 5.95 Å². The summed E-state index contributed by atoms with van der Waals surface area (Å²) in [6, 6.07) is 8.18. The Balaban J connectivity index is 1.73. The first kappa shape index (κ1) is 18.6. The fourth-order valence-corrected chi connectivity index (χ4v) is 3.25. The Morgan fingerprint density at radius 1 is 1.15 bits per heavy atom. The third-order valence-electron chi connectivity index (χ3n) is 4.57. The van der Waals surface area contributed by atoms with E-state index in [-0.39, 0.29) is 0 Å². The van der Waals surface area contributed by atoms with Gasteiger partial charge in [-0.3, -0.25) is 4.90 Å². The summed E-state index contributed by atoms with van der Waals surface area (Å²) in [7, 11) is 5.61. The number of hydrogen-bond donors (Lipinski definition) is 0. The molecule has 1 aromatic carbocycles. The lowest BCUT2D eigenvalue weighted by Crippen LogP contribution is -2.31. The highest BCUT2D eigenvalue weighted by Gasteiger charge is 2.20. The van der Waals surface area contributed by atoms with Crippen LogP contribution in [-0.4, -0.2) is 55.3 Å². The van der Waals surface area contributed by atoms with E-state index >= 15 is 0 Å². The normalized spacial score (nSPS) is 16.8. The molecule has 6 nitrogen and oxygen atoms in total. The number of para-hydroxylation sites is 1. The Hall–Kier alpha value is -2.18. The van der Waals surface area contributed by atoms with Crippen molar-refractivity contribution in [3.8, 4) is 5.75 Å². The second kappa shape index (κ2) is 8.96. The van der Waals surface area contributed by atoms with Gasteiger partial charge in [-0.05, 0) is 18.9 Å². The fourth-order valence-electron chi connectivity index (χ4n) is 3.25. The van der Waals surface area contributed by atoms with E-state index in [2.05, 4.69) is 27.0 Å². The molecule has 0 N–H and O–H groups in total. The zero-order valence-electron chi connectivity index (χ0n) is 15.9. The summed E-state index contributed by atoms with van der Waals surface area (Å²) in [4.78, 5) is 13.2. The van der Waals surface area contributed by atoms with E-state index in [9.17, 15) is 0 Å². The van der Waals surface area contributed by atoms with Crippen molar-refractivity contribution in [2.45, 2.75) is 32.0 Å². The number of aromatic nitrogens is 2. The van der Waals surface area contributed by atoms with Crippen molar-refractivity contribution in [2.24, 2.45) is 0 Å². The molecule has 1 fully saturated rings. The first-order valence-electron chi connectivity index (χ1n) is 9.10. The van der Waals surface area contributed by atoms with Crippen LogP contribution >= 0.6 is 0 Å². The van der Waals surface area contributed by atoms with Crippen LogP contribution in [0.5, 0.6) is 5.75 Å². The highest BCUT2D eigenvalue weighted by molar-refractivity contribution is 5.33. The van der Waals surface area contributed by atoms with E-state index < -0.39 is 0 Å². The van der Waals surface area contributed by atoms with Crippen LogP contribution in [0.1, 0.15) is 24.0 Å². The molecule has 1 unspecified atom stereocenters. The standard InChI is InChI=1S/C20H28N4O2/c1-23(2)20-21-11-16(12-22-20)13-24(15-18-8-6-10-26-18)14-17-7-4-5-9-19(17)25-3/h4-5,7,9,11-12,18H,6,8,10,13-15H2,1-3H3. The Morgan fingerprint density at radius 2 is 1.92 bits per heavy atom. The molecule has 140 valence electrons. The molecule has 1 aliphatic heterocycles. The van der Waals surface area contributed by atoms with Gasteiger partial charge in [-0.1, -0.05) is 18.2 Å². The Bertz CT molecular complexity index is 684. The minimum Gasteiger partial charge on any atom is -0.496 e. The van der Waals surface area contributed by atoms with E-state index in [1.807, 2.05) is 43.5 Å². The molecule has 0 bridgehead atoms. The van der Waals surface area contributed by atoms with Crippen LogP contribution in [-0.2, 0) is 17.8 Å². The van der Waals surface area contributed by atoms with Crippen molar-refractivity contribution in [3.05, 3.63) is 47.8 Å². The predicted molar refractivity (Wildman–Crippen MR) is 102 cm³/mol. The minimum absolute atomic E-state index is 0.298. The smallest absolute Gasteiger partial charge is 0.224 e. The van der Waals surface area contributed by atoms with Crippen LogP contribution in [0.25, 0.3) is 0 Å². The minimum atomic E-state index is 0.298. The van der Waals surface area contributed by atoms with Gasteiger partial charge in [-0.25, -0.2) is 9.97 Å². The molecule has 3 rings (SSSR count). The highest BCUT2D eigenvalue weighted by atomic mass is 16.5. The first-order chi connectivity index (χ1) is 12.7. The summed E-state index contributed by atoms with van der Waals surface area (Å²) >= 11 is 0. The molecule has 6 heteroatoms. The molecule has 1 saturated heterocycles. The topological polar surface area (TPSA) is 50.7 Å². The van der Waals surface area contributed by atoms with E-state index in [1.165, 1.54) is 5.56 Å². The summed E-state index contributed by atoms with van der Waals surface area (Å²) in [5, 5.41) is 0. The van der Waals surface area contributed by atoms with Gasteiger partial charge < -0.3 is 14.4 Å². The molecule has 0 saturated carbocycles. The first-order valence-corrected chi connectivity index (χ1v) is 9.10. The Labute approximate surface area is 155 Å². The van der Waals surface area contributed by atoms with Gasteiger partial charge in [-0.15, -0.1) is 0 Å². The third kappa shape index (κ3) is 4.93. The maximum atomic E-state index is 5.86. The van der Waals surface area contributed by atoms with Gasteiger partial charge in [0, 0.05) is 63.9 Å². The largest absolute Gasteiger partial charge is 0.496 e. The van der Waals surface area contributed by atoms with Gasteiger partial charge in [0.05, 0.1) is 13.2 Å². The lowest BCUT2D eigenvalue weighted by molar-refractivity contribution is 0.0675. The zero-order valence-corrected chi connectivity index (χ0v) is 15.9. The van der Waals surface area contributed by atoms with E-state index in [0.29, 0.717) is 6.10 Å². The molecule has 1 aromatic heterocycles. The van der Waals surface area contributed by atoms with Crippen LogP contribution in [0.4, 0.5) is 5.95 Å². The molecule has 0 spiro atoms. The van der Waals surface area contributed by atoms with Gasteiger partial charge >= 0.3 is 0 Å². The summed E-state index contributed by atoms with van der Waals surface area (Å²) < 4.78 is 11.4. The number of ether oxygens (including phenoxy) is 2. The highest BCUT2D eigenvalue weighted by Crippen LogP contribution is 2.22. The summed E-state index contributed by atoms with van der Waals surface area (Å²) in [5.41, 5.74) is 2.28. The number of anilines is 1.